The summed E-state index contributed by atoms with van der Waals surface area (Å²) in [6.07, 6.45) is 6.81. The second-order valence-electron chi connectivity index (χ2n) is 4.20. The third-order valence-electron chi connectivity index (χ3n) is 3.04. The van der Waals surface area contributed by atoms with Crippen LogP contribution in [0, 0.1) is 5.92 Å². The minimum atomic E-state index is 0.717. The average Bonchev–Trinajstić information content (AvgIpc) is 2.83. The van der Waals surface area contributed by atoms with Crippen molar-refractivity contribution in [3.05, 3.63) is 42.0 Å². The Balaban J connectivity index is 1.93. The first-order valence-corrected chi connectivity index (χ1v) is 5.89. The van der Waals surface area contributed by atoms with Crippen LogP contribution in [0.15, 0.2) is 36.4 Å². The van der Waals surface area contributed by atoms with E-state index in [9.17, 15) is 0 Å². The Morgan fingerprint density at radius 2 is 2.31 bits per heavy atom. The molecule has 1 saturated heterocycles. The minimum Gasteiger partial charge on any atom is -0.496 e. The standard InChI is InChI=1S/C14H19NO/c1-16-14-8-3-2-6-13(14)7-4-5-12-9-10-15-11-12/h2-6,8,12,15H,7,9-11H2,1H3/b5-4-/t12-/m1/s1. The van der Waals surface area contributed by atoms with Crippen molar-refractivity contribution in [2.45, 2.75) is 12.8 Å². The molecule has 0 amide bonds. The van der Waals surface area contributed by atoms with E-state index in [1.165, 1.54) is 12.0 Å². The largest absolute Gasteiger partial charge is 0.496 e. The van der Waals surface area contributed by atoms with E-state index in [0.717, 1.165) is 31.2 Å². The van der Waals surface area contributed by atoms with Gasteiger partial charge in [0.1, 0.15) is 5.75 Å². The van der Waals surface area contributed by atoms with Crippen LogP contribution in [0.3, 0.4) is 0 Å². The van der Waals surface area contributed by atoms with Gasteiger partial charge >= 0.3 is 0 Å². The molecule has 1 aliphatic rings. The molecule has 2 heteroatoms. The Labute approximate surface area is 97.3 Å². The summed E-state index contributed by atoms with van der Waals surface area (Å²) in [6, 6.07) is 8.20. The number of allylic oxidation sites excluding steroid dienone is 1. The third kappa shape index (κ3) is 2.86. The highest BCUT2D eigenvalue weighted by atomic mass is 16.5. The zero-order valence-corrected chi connectivity index (χ0v) is 9.78. The number of hydrogen-bond donors (Lipinski definition) is 1. The smallest absolute Gasteiger partial charge is 0.122 e. The number of hydrogen-bond acceptors (Lipinski definition) is 2. The molecular weight excluding hydrogens is 198 g/mol. The van der Waals surface area contributed by atoms with Gasteiger partial charge in [0.05, 0.1) is 7.11 Å². The summed E-state index contributed by atoms with van der Waals surface area (Å²) >= 11 is 0. The predicted octanol–water partition coefficient (Wildman–Crippen LogP) is 2.40. The van der Waals surface area contributed by atoms with Crippen LogP contribution in [0.25, 0.3) is 0 Å². The van der Waals surface area contributed by atoms with Crippen molar-refractivity contribution in [2.24, 2.45) is 5.92 Å². The normalized spacial score (nSPS) is 20.4. The summed E-state index contributed by atoms with van der Waals surface area (Å²) in [5, 5.41) is 3.37. The van der Waals surface area contributed by atoms with Gasteiger partial charge in [0.25, 0.3) is 0 Å². The monoisotopic (exact) mass is 217 g/mol. The van der Waals surface area contributed by atoms with Crippen LogP contribution < -0.4 is 10.1 Å². The van der Waals surface area contributed by atoms with Gasteiger partial charge in [-0.25, -0.2) is 0 Å². The zero-order valence-electron chi connectivity index (χ0n) is 9.78. The molecule has 2 rings (SSSR count). The molecule has 0 aliphatic carbocycles. The highest BCUT2D eigenvalue weighted by Crippen LogP contribution is 2.18. The molecule has 0 radical (unpaired) electrons. The van der Waals surface area contributed by atoms with Crippen LogP contribution in [-0.4, -0.2) is 20.2 Å². The highest BCUT2D eigenvalue weighted by molar-refractivity contribution is 5.34. The van der Waals surface area contributed by atoms with Gasteiger partial charge in [0.2, 0.25) is 0 Å². The quantitative estimate of drug-likeness (QED) is 0.782. The summed E-state index contributed by atoms with van der Waals surface area (Å²) in [4.78, 5) is 0. The summed E-state index contributed by atoms with van der Waals surface area (Å²) in [5.41, 5.74) is 1.26. The van der Waals surface area contributed by atoms with Crippen LogP contribution in [0.1, 0.15) is 12.0 Å². The van der Waals surface area contributed by atoms with Crippen LogP contribution in [0.4, 0.5) is 0 Å². The molecule has 2 nitrogen and oxygen atoms in total. The molecule has 1 N–H and O–H groups in total. The molecule has 1 aromatic rings. The molecular formula is C14H19NO. The predicted molar refractivity (Wildman–Crippen MR) is 66.8 cm³/mol. The Hall–Kier alpha value is -1.28. The summed E-state index contributed by atoms with van der Waals surface area (Å²) < 4.78 is 5.32. The average molecular weight is 217 g/mol. The second-order valence-corrected chi connectivity index (χ2v) is 4.20. The van der Waals surface area contributed by atoms with Crippen molar-refractivity contribution in [2.75, 3.05) is 20.2 Å². The fraction of sp³-hybridized carbons (Fsp3) is 0.429. The van der Waals surface area contributed by atoms with Crippen molar-refractivity contribution in [3.63, 3.8) is 0 Å². The lowest BCUT2D eigenvalue weighted by Gasteiger charge is -2.05. The first kappa shape index (κ1) is 11.2. The van der Waals surface area contributed by atoms with Crippen molar-refractivity contribution < 1.29 is 4.74 Å². The van der Waals surface area contributed by atoms with Crippen LogP contribution in [-0.2, 0) is 6.42 Å². The number of rotatable bonds is 4. The van der Waals surface area contributed by atoms with Gasteiger partial charge in [-0.2, -0.15) is 0 Å². The number of methoxy groups -OCH3 is 1. The third-order valence-corrected chi connectivity index (χ3v) is 3.04. The Morgan fingerprint density at radius 3 is 3.06 bits per heavy atom. The van der Waals surface area contributed by atoms with Crippen molar-refractivity contribution in [1.82, 2.24) is 5.32 Å². The van der Waals surface area contributed by atoms with E-state index in [4.69, 9.17) is 4.74 Å². The van der Waals surface area contributed by atoms with E-state index in [-0.39, 0.29) is 0 Å². The Kier molecular flexibility index (Phi) is 4.00. The lowest BCUT2D eigenvalue weighted by molar-refractivity contribution is 0.410. The minimum absolute atomic E-state index is 0.717. The van der Waals surface area contributed by atoms with Crippen molar-refractivity contribution in [1.29, 1.82) is 0 Å². The first-order chi connectivity index (χ1) is 7.90. The molecule has 1 aliphatic heterocycles. The van der Waals surface area contributed by atoms with E-state index in [0.29, 0.717) is 0 Å². The van der Waals surface area contributed by atoms with Gasteiger partial charge in [-0.15, -0.1) is 0 Å². The van der Waals surface area contributed by atoms with Crippen LogP contribution >= 0.6 is 0 Å². The van der Waals surface area contributed by atoms with Gasteiger partial charge in [-0.3, -0.25) is 0 Å². The fourth-order valence-corrected chi connectivity index (χ4v) is 2.10. The summed E-state index contributed by atoms with van der Waals surface area (Å²) in [5.74, 6) is 1.70. The van der Waals surface area contributed by atoms with Gasteiger partial charge in [-0.05, 0) is 36.9 Å². The molecule has 0 saturated carbocycles. The number of para-hydroxylation sites is 1. The van der Waals surface area contributed by atoms with Crippen molar-refractivity contribution >= 4 is 0 Å². The van der Waals surface area contributed by atoms with E-state index < -0.39 is 0 Å². The first-order valence-electron chi connectivity index (χ1n) is 5.89. The molecule has 1 heterocycles. The number of benzene rings is 1. The summed E-state index contributed by atoms with van der Waals surface area (Å²) in [6.45, 7) is 2.28. The number of nitrogens with one attached hydrogen (secondary N) is 1. The zero-order chi connectivity index (χ0) is 11.2. The van der Waals surface area contributed by atoms with Gasteiger partial charge in [0, 0.05) is 6.54 Å². The van der Waals surface area contributed by atoms with Gasteiger partial charge < -0.3 is 10.1 Å². The van der Waals surface area contributed by atoms with E-state index in [2.05, 4.69) is 29.6 Å². The van der Waals surface area contributed by atoms with Crippen LogP contribution in [0.2, 0.25) is 0 Å². The molecule has 1 atom stereocenters. The maximum absolute atomic E-state index is 5.32. The maximum Gasteiger partial charge on any atom is 0.122 e. The molecule has 86 valence electrons. The van der Waals surface area contributed by atoms with E-state index in [1.807, 2.05) is 12.1 Å². The molecule has 1 fully saturated rings. The lowest BCUT2D eigenvalue weighted by Crippen LogP contribution is -2.07. The number of ether oxygens (including phenoxy) is 1. The Bertz CT molecular complexity index is 354. The van der Waals surface area contributed by atoms with Crippen LogP contribution in [0.5, 0.6) is 5.75 Å². The molecule has 0 spiro atoms. The molecule has 16 heavy (non-hydrogen) atoms. The van der Waals surface area contributed by atoms with Gasteiger partial charge in [-0.1, -0.05) is 30.4 Å². The molecule has 0 unspecified atom stereocenters. The molecule has 0 bridgehead atoms. The van der Waals surface area contributed by atoms with Gasteiger partial charge in [0.15, 0.2) is 0 Å². The second kappa shape index (κ2) is 5.71. The van der Waals surface area contributed by atoms with Crippen molar-refractivity contribution in [3.8, 4) is 5.75 Å². The summed E-state index contributed by atoms with van der Waals surface area (Å²) in [7, 11) is 1.73. The SMILES string of the molecule is COc1ccccc1C/C=C\[C@@H]1CCNC1. The topological polar surface area (TPSA) is 21.3 Å². The van der Waals surface area contributed by atoms with E-state index >= 15 is 0 Å². The fourth-order valence-electron chi connectivity index (χ4n) is 2.10. The molecule has 0 aromatic heterocycles. The highest BCUT2D eigenvalue weighted by Gasteiger charge is 2.10. The van der Waals surface area contributed by atoms with E-state index in [1.54, 1.807) is 7.11 Å². The lowest BCUT2D eigenvalue weighted by atomic mass is 10.1. The maximum atomic E-state index is 5.32. The molecule has 1 aromatic carbocycles. The Morgan fingerprint density at radius 1 is 1.44 bits per heavy atom.